The number of carbonyl (C=O) groups is 2. The van der Waals surface area contributed by atoms with Gasteiger partial charge in [0.1, 0.15) is 0 Å². The molecule has 4 N–H and O–H groups in total. The van der Waals surface area contributed by atoms with Crippen LogP contribution in [0.1, 0.15) is 19.4 Å². The highest BCUT2D eigenvalue weighted by Crippen LogP contribution is 2.23. The molecule has 0 aliphatic heterocycles. The van der Waals surface area contributed by atoms with Crippen LogP contribution in [0.15, 0.2) is 22.7 Å². The van der Waals surface area contributed by atoms with Gasteiger partial charge in [-0.05, 0) is 46.5 Å². The molecule has 1 aromatic rings. The van der Waals surface area contributed by atoms with Crippen LogP contribution in [0.25, 0.3) is 0 Å². The molecule has 0 aromatic heterocycles. The summed E-state index contributed by atoms with van der Waals surface area (Å²) in [7, 11) is 0. The summed E-state index contributed by atoms with van der Waals surface area (Å²) in [6.07, 6.45) is 0. The van der Waals surface area contributed by atoms with Crippen LogP contribution >= 0.6 is 15.9 Å². The van der Waals surface area contributed by atoms with Crippen molar-refractivity contribution >= 4 is 33.4 Å². The van der Waals surface area contributed by atoms with Crippen molar-refractivity contribution in [2.75, 3.05) is 11.9 Å². The van der Waals surface area contributed by atoms with Crippen LogP contribution in [0.3, 0.4) is 0 Å². The predicted molar refractivity (Wildman–Crippen MR) is 83.3 cm³/mol. The lowest BCUT2D eigenvalue weighted by atomic mass is 10.1. The number of nitrogens with two attached hydrogens (primary N) is 1. The fraction of sp³-hybridized carbons (Fsp3) is 0.429. The SMILES string of the molecule is Cc1ccc(NC(=O)CNC(=O)[C@@H](N)C(C)C)c(Br)c1. The summed E-state index contributed by atoms with van der Waals surface area (Å²) >= 11 is 3.38. The third-order valence-electron chi connectivity index (χ3n) is 2.84. The van der Waals surface area contributed by atoms with Gasteiger partial charge in [0.25, 0.3) is 0 Å². The zero-order valence-electron chi connectivity index (χ0n) is 11.9. The number of hydrogen-bond acceptors (Lipinski definition) is 3. The lowest BCUT2D eigenvalue weighted by Gasteiger charge is -2.15. The lowest BCUT2D eigenvalue weighted by molar-refractivity contribution is -0.125. The molecule has 110 valence electrons. The van der Waals surface area contributed by atoms with Crippen molar-refractivity contribution in [1.29, 1.82) is 0 Å². The standard InChI is InChI=1S/C14H20BrN3O2/c1-8(2)13(16)14(20)17-7-12(19)18-11-5-4-9(3)6-10(11)15/h4-6,8,13H,7,16H2,1-3H3,(H,17,20)(H,18,19)/t13-/m0/s1. The van der Waals surface area contributed by atoms with Gasteiger partial charge in [-0.2, -0.15) is 0 Å². The maximum atomic E-state index is 11.8. The molecule has 20 heavy (non-hydrogen) atoms. The van der Waals surface area contributed by atoms with E-state index in [9.17, 15) is 9.59 Å². The molecule has 2 amide bonds. The van der Waals surface area contributed by atoms with E-state index in [1.807, 2.05) is 32.9 Å². The fourth-order valence-electron chi connectivity index (χ4n) is 1.50. The molecule has 0 heterocycles. The van der Waals surface area contributed by atoms with Gasteiger partial charge in [0, 0.05) is 4.47 Å². The quantitative estimate of drug-likeness (QED) is 0.763. The number of aryl methyl sites for hydroxylation is 1. The number of hydrogen-bond donors (Lipinski definition) is 3. The molecule has 0 spiro atoms. The first-order valence-corrected chi connectivity index (χ1v) is 7.20. The number of anilines is 1. The molecule has 1 rings (SSSR count). The molecule has 0 bridgehead atoms. The number of benzene rings is 1. The molecule has 1 atom stereocenters. The normalized spacial score (nSPS) is 12.1. The van der Waals surface area contributed by atoms with Gasteiger partial charge in [-0.1, -0.05) is 19.9 Å². The monoisotopic (exact) mass is 341 g/mol. The van der Waals surface area contributed by atoms with Gasteiger partial charge in [0.2, 0.25) is 11.8 Å². The highest BCUT2D eigenvalue weighted by Gasteiger charge is 2.17. The Morgan fingerprint density at radius 2 is 2.00 bits per heavy atom. The Morgan fingerprint density at radius 1 is 1.35 bits per heavy atom. The Bertz CT molecular complexity index is 503. The zero-order chi connectivity index (χ0) is 15.3. The highest BCUT2D eigenvalue weighted by molar-refractivity contribution is 9.10. The van der Waals surface area contributed by atoms with Crippen molar-refractivity contribution in [3.8, 4) is 0 Å². The largest absolute Gasteiger partial charge is 0.346 e. The van der Waals surface area contributed by atoms with E-state index in [0.717, 1.165) is 10.0 Å². The van der Waals surface area contributed by atoms with Crippen LogP contribution in [0.5, 0.6) is 0 Å². The zero-order valence-corrected chi connectivity index (χ0v) is 13.5. The molecule has 0 unspecified atom stereocenters. The van der Waals surface area contributed by atoms with E-state index in [2.05, 4.69) is 26.6 Å². The van der Waals surface area contributed by atoms with Crippen molar-refractivity contribution < 1.29 is 9.59 Å². The minimum atomic E-state index is -0.603. The number of rotatable bonds is 5. The van der Waals surface area contributed by atoms with Crippen molar-refractivity contribution in [3.63, 3.8) is 0 Å². The summed E-state index contributed by atoms with van der Waals surface area (Å²) in [6, 6.07) is 5.00. The molecule has 0 saturated heterocycles. The first-order valence-electron chi connectivity index (χ1n) is 6.40. The second-order valence-electron chi connectivity index (χ2n) is 5.02. The van der Waals surface area contributed by atoms with E-state index in [0.29, 0.717) is 5.69 Å². The van der Waals surface area contributed by atoms with Gasteiger partial charge in [-0.15, -0.1) is 0 Å². The average molecular weight is 342 g/mol. The van der Waals surface area contributed by atoms with E-state index in [1.165, 1.54) is 0 Å². The Balaban J connectivity index is 2.50. The first-order chi connectivity index (χ1) is 9.31. The molecule has 0 saturated carbocycles. The average Bonchev–Trinajstić information content (AvgIpc) is 2.38. The van der Waals surface area contributed by atoms with Gasteiger partial charge in [0.05, 0.1) is 18.3 Å². The second kappa shape index (κ2) is 7.40. The Labute approximate surface area is 127 Å². The predicted octanol–water partition coefficient (Wildman–Crippen LogP) is 1.80. The van der Waals surface area contributed by atoms with Crippen LogP contribution in [-0.4, -0.2) is 24.4 Å². The molecule has 6 heteroatoms. The summed E-state index contributed by atoms with van der Waals surface area (Å²) in [6.45, 7) is 5.57. The van der Waals surface area contributed by atoms with Crippen LogP contribution in [0, 0.1) is 12.8 Å². The number of halogens is 1. The fourth-order valence-corrected chi connectivity index (χ4v) is 2.10. The summed E-state index contributed by atoms with van der Waals surface area (Å²) < 4.78 is 0.802. The van der Waals surface area contributed by atoms with Crippen molar-refractivity contribution in [2.45, 2.75) is 26.8 Å². The molecule has 0 radical (unpaired) electrons. The number of carbonyl (C=O) groups excluding carboxylic acids is 2. The minimum absolute atomic E-state index is 0.0318. The summed E-state index contributed by atoms with van der Waals surface area (Å²) in [5.74, 6) is -0.582. The second-order valence-corrected chi connectivity index (χ2v) is 5.87. The van der Waals surface area contributed by atoms with E-state index >= 15 is 0 Å². The lowest BCUT2D eigenvalue weighted by Crippen LogP contribution is -2.46. The number of nitrogens with one attached hydrogen (secondary N) is 2. The maximum Gasteiger partial charge on any atom is 0.243 e. The van der Waals surface area contributed by atoms with Crippen LogP contribution in [-0.2, 0) is 9.59 Å². The molecule has 0 fully saturated rings. The van der Waals surface area contributed by atoms with E-state index in [4.69, 9.17) is 5.73 Å². The topological polar surface area (TPSA) is 84.2 Å². The van der Waals surface area contributed by atoms with Gasteiger partial charge >= 0.3 is 0 Å². The molecular formula is C14H20BrN3O2. The van der Waals surface area contributed by atoms with Gasteiger partial charge in [0.15, 0.2) is 0 Å². The number of amides is 2. The molecule has 1 aromatic carbocycles. The van der Waals surface area contributed by atoms with Gasteiger partial charge in [-0.3, -0.25) is 9.59 Å². The minimum Gasteiger partial charge on any atom is -0.346 e. The summed E-state index contributed by atoms with van der Waals surface area (Å²) in [4.78, 5) is 23.4. The van der Waals surface area contributed by atoms with Crippen LogP contribution in [0.2, 0.25) is 0 Å². The van der Waals surface area contributed by atoms with Gasteiger partial charge < -0.3 is 16.4 Å². The molecule has 0 aliphatic rings. The Kier molecular flexibility index (Phi) is 6.16. The Morgan fingerprint density at radius 3 is 2.55 bits per heavy atom. The maximum absolute atomic E-state index is 11.8. The molecule has 0 aliphatic carbocycles. The highest BCUT2D eigenvalue weighted by atomic mass is 79.9. The van der Waals surface area contributed by atoms with Crippen LogP contribution < -0.4 is 16.4 Å². The van der Waals surface area contributed by atoms with Crippen molar-refractivity contribution in [3.05, 3.63) is 28.2 Å². The summed E-state index contributed by atoms with van der Waals surface area (Å²) in [5, 5.41) is 5.24. The molecular weight excluding hydrogens is 322 g/mol. The van der Waals surface area contributed by atoms with Crippen molar-refractivity contribution in [1.82, 2.24) is 5.32 Å². The van der Waals surface area contributed by atoms with Crippen LogP contribution in [0.4, 0.5) is 5.69 Å². The smallest absolute Gasteiger partial charge is 0.243 e. The summed E-state index contributed by atoms with van der Waals surface area (Å²) in [5.41, 5.74) is 7.45. The van der Waals surface area contributed by atoms with E-state index in [1.54, 1.807) is 6.07 Å². The van der Waals surface area contributed by atoms with E-state index in [-0.39, 0.29) is 24.3 Å². The first kappa shape index (κ1) is 16.7. The third kappa shape index (κ3) is 4.94. The van der Waals surface area contributed by atoms with E-state index < -0.39 is 6.04 Å². The molecule has 5 nitrogen and oxygen atoms in total. The van der Waals surface area contributed by atoms with Crippen molar-refractivity contribution in [2.24, 2.45) is 11.7 Å². The van der Waals surface area contributed by atoms with Gasteiger partial charge in [-0.25, -0.2) is 0 Å². The third-order valence-corrected chi connectivity index (χ3v) is 3.50. The Hall–Kier alpha value is -1.40.